The van der Waals surface area contributed by atoms with Gasteiger partial charge >= 0.3 is 0 Å². The summed E-state index contributed by atoms with van der Waals surface area (Å²) < 4.78 is 0. The normalized spacial score (nSPS) is 10.8. The Balaban J connectivity index is 1.39. The molecule has 0 bridgehead atoms. The summed E-state index contributed by atoms with van der Waals surface area (Å²) in [5.74, 6) is 0.251. The molecule has 1 amide bonds. The second-order valence-corrected chi connectivity index (χ2v) is 6.19. The van der Waals surface area contributed by atoms with Crippen LogP contribution in [0.3, 0.4) is 0 Å². The first-order valence-electron chi connectivity index (χ1n) is 8.85. The fourth-order valence-electron chi connectivity index (χ4n) is 2.87. The smallest absolute Gasteiger partial charge is 0.224 e. The van der Waals surface area contributed by atoms with Gasteiger partial charge in [0.15, 0.2) is 0 Å². The second-order valence-electron chi connectivity index (χ2n) is 6.19. The summed E-state index contributed by atoms with van der Waals surface area (Å²) in [6.45, 7) is 1.54. The molecule has 2 aromatic carbocycles. The molecule has 26 heavy (non-hydrogen) atoms. The number of hydrogen-bond acceptors (Lipinski definition) is 4. The SMILES string of the molecule is O=C(CCCCNCc1ccc(O)c2ncccc12)Nc1ccccc1. The summed E-state index contributed by atoms with van der Waals surface area (Å²) in [5, 5.41) is 17.1. The predicted molar refractivity (Wildman–Crippen MR) is 104 cm³/mol. The molecular formula is C21H23N3O2. The third-order valence-electron chi connectivity index (χ3n) is 4.22. The summed E-state index contributed by atoms with van der Waals surface area (Å²) in [4.78, 5) is 16.1. The largest absolute Gasteiger partial charge is 0.506 e. The van der Waals surface area contributed by atoms with Crippen LogP contribution in [0.2, 0.25) is 0 Å². The molecule has 0 aliphatic heterocycles. The van der Waals surface area contributed by atoms with E-state index in [4.69, 9.17) is 0 Å². The van der Waals surface area contributed by atoms with Crippen LogP contribution < -0.4 is 10.6 Å². The van der Waals surface area contributed by atoms with Crippen LogP contribution in [0.25, 0.3) is 10.9 Å². The first-order chi connectivity index (χ1) is 12.7. The molecule has 0 spiro atoms. The van der Waals surface area contributed by atoms with Crippen LogP contribution >= 0.6 is 0 Å². The van der Waals surface area contributed by atoms with E-state index in [1.54, 1.807) is 12.3 Å². The molecule has 1 heterocycles. The molecule has 5 nitrogen and oxygen atoms in total. The number of unbranched alkanes of at least 4 members (excludes halogenated alkanes) is 1. The lowest BCUT2D eigenvalue weighted by atomic mass is 10.1. The highest BCUT2D eigenvalue weighted by Crippen LogP contribution is 2.25. The van der Waals surface area contributed by atoms with E-state index in [0.717, 1.165) is 36.0 Å². The van der Waals surface area contributed by atoms with Crippen LogP contribution in [0.4, 0.5) is 5.69 Å². The first kappa shape index (κ1) is 17.9. The Hall–Kier alpha value is -2.92. The number of hydrogen-bond donors (Lipinski definition) is 3. The number of aromatic nitrogens is 1. The number of aromatic hydroxyl groups is 1. The number of para-hydroxylation sites is 1. The topological polar surface area (TPSA) is 74.2 Å². The van der Waals surface area contributed by atoms with Crippen molar-refractivity contribution in [3.63, 3.8) is 0 Å². The van der Waals surface area contributed by atoms with Gasteiger partial charge in [-0.05, 0) is 49.2 Å². The van der Waals surface area contributed by atoms with Crippen molar-refractivity contribution in [2.75, 3.05) is 11.9 Å². The van der Waals surface area contributed by atoms with Gasteiger partial charge in [-0.1, -0.05) is 30.3 Å². The predicted octanol–water partition coefficient (Wildman–Crippen LogP) is 3.84. The summed E-state index contributed by atoms with van der Waals surface area (Å²) in [6, 6.07) is 16.9. The average molecular weight is 349 g/mol. The molecule has 1 aromatic heterocycles. The fourth-order valence-corrected chi connectivity index (χ4v) is 2.87. The van der Waals surface area contributed by atoms with E-state index in [1.807, 2.05) is 48.5 Å². The number of carbonyl (C=O) groups excluding carboxylic acids is 1. The Morgan fingerprint density at radius 3 is 2.69 bits per heavy atom. The third-order valence-corrected chi connectivity index (χ3v) is 4.22. The molecule has 0 unspecified atom stereocenters. The zero-order valence-electron chi connectivity index (χ0n) is 14.6. The number of phenols is 1. The number of anilines is 1. The molecule has 3 N–H and O–H groups in total. The average Bonchev–Trinajstić information content (AvgIpc) is 2.67. The van der Waals surface area contributed by atoms with Crippen molar-refractivity contribution >= 4 is 22.5 Å². The van der Waals surface area contributed by atoms with Gasteiger partial charge in [0.1, 0.15) is 11.3 Å². The van der Waals surface area contributed by atoms with Crippen molar-refractivity contribution in [3.05, 3.63) is 66.4 Å². The van der Waals surface area contributed by atoms with Gasteiger partial charge in [0.2, 0.25) is 5.91 Å². The van der Waals surface area contributed by atoms with Gasteiger partial charge in [-0.15, -0.1) is 0 Å². The number of fused-ring (bicyclic) bond motifs is 1. The maximum atomic E-state index is 11.9. The highest BCUT2D eigenvalue weighted by molar-refractivity contribution is 5.90. The van der Waals surface area contributed by atoms with Gasteiger partial charge in [-0.2, -0.15) is 0 Å². The van der Waals surface area contributed by atoms with Gasteiger partial charge in [0, 0.05) is 30.2 Å². The van der Waals surface area contributed by atoms with Crippen LogP contribution in [0.1, 0.15) is 24.8 Å². The fraction of sp³-hybridized carbons (Fsp3) is 0.238. The molecule has 3 aromatic rings. The highest BCUT2D eigenvalue weighted by atomic mass is 16.3. The van der Waals surface area contributed by atoms with Gasteiger partial charge in [0.25, 0.3) is 0 Å². The number of nitrogens with zero attached hydrogens (tertiary/aromatic N) is 1. The van der Waals surface area contributed by atoms with Gasteiger partial charge in [-0.3, -0.25) is 9.78 Å². The van der Waals surface area contributed by atoms with E-state index in [1.165, 1.54) is 0 Å². The quantitative estimate of drug-likeness (QED) is 0.540. The molecule has 3 rings (SSSR count). The number of pyridine rings is 1. The van der Waals surface area contributed by atoms with Gasteiger partial charge in [0.05, 0.1) is 0 Å². The number of benzene rings is 2. The summed E-state index contributed by atoms with van der Waals surface area (Å²) in [6.07, 6.45) is 3.96. The van der Waals surface area contributed by atoms with E-state index < -0.39 is 0 Å². The number of amides is 1. The number of carbonyl (C=O) groups is 1. The Morgan fingerprint density at radius 2 is 1.85 bits per heavy atom. The minimum atomic E-state index is 0.0480. The molecular weight excluding hydrogens is 326 g/mol. The maximum absolute atomic E-state index is 11.9. The van der Waals surface area contributed by atoms with Crippen molar-refractivity contribution in [1.82, 2.24) is 10.3 Å². The van der Waals surface area contributed by atoms with E-state index in [0.29, 0.717) is 18.5 Å². The minimum absolute atomic E-state index is 0.0480. The lowest BCUT2D eigenvalue weighted by Crippen LogP contribution is -2.16. The van der Waals surface area contributed by atoms with E-state index in [2.05, 4.69) is 15.6 Å². The summed E-state index contributed by atoms with van der Waals surface area (Å²) in [7, 11) is 0. The van der Waals surface area contributed by atoms with Crippen LogP contribution in [-0.4, -0.2) is 22.5 Å². The molecule has 0 atom stereocenters. The van der Waals surface area contributed by atoms with E-state index in [-0.39, 0.29) is 11.7 Å². The van der Waals surface area contributed by atoms with Crippen LogP contribution in [-0.2, 0) is 11.3 Å². The lowest BCUT2D eigenvalue weighted by molar-refractivity contribution is -0.116. The zero-order valence-corrected chi connectivity index (χ0v) is 14.6. The minimum Gasteiger partial charge on any atom is -0.506 e. The van der Waals surface area contributed by atoms with E-state index >= 15 is 0 Å². The van der Waals surface area contributed by atoms with Crippen LogP contribution in [0.15, 0.2) is 60.8 Å². The van der Waals surface area contributed by atoms with E-state index in [9.17, 15) is 9.90 Å². The van der Waals surface area contributed by atoms with Crippen molar-refractivity contribution < 1.29 is 9.90 Å². The Kier molecular flexibility index (Phi) is 6.17. The Labute approximate surface area is 153 Å². The number of nitrogens with one attached hydrogen (secondary N) is 2. The summed E-state index contributed by atoms with van der Waals surface area (Å²) in [5.41, 5.74) is 2.57. The molecule has 5 heteroatoms. The molecule has 0 fully saturated rings. The molecule has 0 saturated heterocycles. The number of phenolic OH excluding ortho intramolecular Hbond substituents is 1. The van der Waals surface area contributed by atoms with Crippen molar-refractivity contribution in [1.29, 1.82) is 0 Å². The van der Waals surface area contributed by atoms with Crippen LogP contribution in [0, 0.1) is 0 Å². The zero-order chi connectivity index (χ0) is 18.2. The highest BCUT2D eigenvalue weighted by Gasteiger charge is 2.06. The van der Waals surface area contributed by atoms with Crippen molar-refractivity contribution in [2.45, 2.75) is 25.8 Å². The Morgan fingerprint density at radius 1 is 1.00 bits per heavy atom. The second kappa shape index (κ2) is 8.97. The van der Waals surface area contributed by atoms with Crippen LogP contribution in [0.5, 0.6) is 5.75 Å². The third kappa shape index (κ3) is 4.80. The molecule has 134 valence electrons. The molecule has 0 aliphatic carbocycles. The molecule has 0 aliphatic rings. The summed E-state index contributed by atoms with van der Waals surface area (Å²) >= 11 is 0. The van der Waals surface area contributed by atoms with Gasteiger partial charge in [-0.25, -0.2) is 0 Å². The number of rotatable bonds is 8. The molecule has 0 radical (unpaired) electrons. The lowest BCUT2D eigenvalue weighted by Gasteiger charge is -2.09. The van der Waals surface area contributed by atoms with Gasteiger partial charge < -0.3 is 15.7 Å². The monoisotopic (exact) mass is 349 g/mol. The maximum Gasteiger partial charge on any atom is 0.224 e. The van der Waals surface area contributed by atoms with Crippen molar-refractivity contribution in [2.24, 2.45) is 0 Å². The molecule has 0 saturated carbocycles. The standard InChI is InChI=1S/C21H23N3O2/c25-19-12-11-16(18-9-6-14-23-21(18)19)15-22-13-5-4-10-20(26)24-17-7-2-1-3-8-17/h1-3,6-9,11-12,14,22,25H,4-5,10,13,15H2,(H,24,26). The first-order valence-corrected chi connectivity index (χ1v) is 8.85. The van der Waals surface area contributed by atoms with Crippen molar-refractivity contribution in [3.8, 4) is 5.75 Å². The Bertz CT molecular complexity index is 866.